The number of hydrogen-bond acceptors (Lipinski definition) is 2. The van der Waals surface area contributed by atoms with E-state index in [1.807, 2.05) is 30.0 Å². The van der Waals surface area contributed by atoms with Crippen molar-refractivity contribution >= 4 is 34.0 Å². The SMILES string of the molecule is CCCCCSc1ccc(C=O)c(Br)c1. The van der Waals surface area contributed by atoms with Crippen LogP contribution in [0.2, 0.25) is 0 Å². The molecule has 0 amide bonds. The lowest BCUT2D eigenvalue weighted by Gasteiger charge is -2.03. The molecule has 1 rings (SSSR count). The Morgan fingerprint density at radius 2 is 2.20 bits per heavy atom. The maximum Gasteiger partial charge on any atom is 0.151 e. The highest BCUT2D eigenvalue weighted by Crippen LogP contribution is 2.25. The van der Waals surface area contributed by atoms with Gasteiger partial charge in [0.15, 0.2) is 6.29 Å². The number of hydrogen-bond donors (Lipinski definition) is 0. The van der Waals surface area contributed by atoms with Crippen molar-refractivity contribution in [1.82, 2.24) is 0 Å². The van der Waals surface area contributed by atoms with Crippen molar-refractivity contribution in [2.75, 3.05) is 5.75 Å². The van der Waals surface area contributed by atoms with Crippen molar-refractivity contribution < 1.29 is 4.79 Å². The Hall–Kier alpha value is -0.280. The molecular weight excluding hydrogens is 272 g/mol. The lowest BCUT2D eigenvalue weighted by molar-refractivity contribution is 0.112. The molecule has 1 aromatic carbocycles. The van der Waals surface area contributed by atoms with Gasteiger partial charge in [0.25, 0.3) is 0 Å². The summed E-state index contributed by atoms with van der Waals surface area (Å²) in [6.07, 6.45) is 4.68. The van der Waals surface area contributed by atoms with E-state index < -0.39 is 0 Å². The first-order valence-corrected chi connectivity index (χ1v) is 6.93. The summed E-state index contributed by atoms with van der Waals surface area (Å²) in [4.78, 5) is 11.8. The summed E-state index contributed by atoms with van der Waals surface area (Å²) < 4.78 is 0.887. The van der Waals surface area contributed by atoms with Crippen LogP contribution in [-0.2, 0) is 0 Å². The standard InChI is InChI=1S/C12H15BrOS/c1-2-3-4-7-15-11-6-5-10(9-14)12(13)8-11/h5-6,8-9H,2-4,7H2,1H3. The van der Waals surface area contributed by atoms with Crippen molar-refractivity contribution in [2.24, 2.45) is 0 Å². The molecule has 0 aliphatic heterocycles. The largest absolute Gasteiger partial charge is 0.298 e. The van der Waals surface area contributed by atoms with E-state index in [2.05, 4.69) is 22.9 Å². The van der Waals surface area contributed by atoms with Gasteiger partial charge in [-0.25, -0.2) is 0 Å². The smallest absolute Gasteiger partial charge is 0.151 e. The normalized spacial score (nSPS) is 10.3. The molecule has 0 saturated heterocycles. The molecule has 0 aliphatic carbocycles. The number of carbonyl (C=O) groups excluding carboxylic acids is 1. The summed E-state index contributed by atoms with van der Waals surface area (Å²) in [5, 5.41) is 0. The Balaban J connectivity index is 2.48. The van der Waals surface area contributed by atoms with Crippen LogP contribution in [0.1, 0.15) is 36.5 Å². The summed E-state index contributed by atoms with van der Waals surface area (Å²) in [6, 6.07) is 5.88. The molecule has 15 heavy (non-hydrogen) atoms. The van der Waals surface area contributed by atoms with Gasteiger partial charge in [0.1, 0.15) is 0 Å². The number of unbranched alkanes of at least 4 members (excludes halogenated alkanes) is 2. The van der Waals surface area contributed by atoms with Crippen LogP contribution in [0, 0.1) is 0 Å². The van der Waals surface area contributed by atoms with Gasteiger partial charge < -0.3 is 0 Å². The minimum absolute atomic E-state index is 0.716. The number of benzene rings is 1. The summed E-state index contributed by atoms with van der Waals surface area (Å²) in [5.74, 6) is 1.15. The zero-order chi connectivity index (χ0) is 11.1. The van der Waals surface area contributed by atoms with Crippen molar-refractivity contribution in [3.8, 4) is 0 Å². The molecule has 0 heterocycles. The number of aldehydes is 1. The van der Waals surface area contributed by atoms with Gasteiger partial charge in [0.05, 0.1) is 0 Å². The van der Waals surface area contributed by atoms with Crippen molar-refractivity contribution in [2.45, 2.75) is 31.1 Å². The topological polar surface area (TPSA) is 17.1 Å². The Kier molecular flexibility index (Phi) is 6.03. The first-order valence-electron chi connectivity index (χ1n) is 5.15. The van der Waals surface area contributed by atoms with Crippen molar-refractivity contribution in [1.29, 1.82) is 0 Å². The summed E-state index contributed by atoms with van der Waals surface area (Å²) >= 11 is 5.23. The molecule has 3 heteroatoms. The molecule has 0 spiro atoms. The lowest BCUT2D eigenvalue weighted by Crippen LogP contribution is -1.84. The Morgan fingerprint density at radius 3 is 2.80 bits per heavy atom. The maximum absolute atomic E-state index is 10.6. The zero-order valence-corrected chi connectivity index (χ0v) is 11.2. The van der Waals surface area contributed by atoms with Crippen LogP contribution in [0.5, 0.6) is 0 Å². The van der Waals surface area contributed by atoms with E-state index in [1.54, 1.807) is 0 Å². The van der Waals surface area contributed by atoms with Gasteiger partial charge in [-0.1, -0.05) is 35.7 Å². The Bertz CT molecular complexity index is 325. The fourth-order valence-electron chi connectivity index (χ4n) is 1.24. The molecule has 0 bridgehead atoms. The predicted octanol–water partition coefficient (Wildman–Crippen LogP) is 4.54. The fourth-order valence-corrected chi connectivity index (χ4v) is 2.81. The highest BCUT2D eigenvalue weighted by Gasteiger charge is 2.00. The molecule has 0 aliphatic rings. The highest BCUT2D eigenvalue weighted by atomic mass is 79.9. The van der Waals surface area contributed by atoms with Gasteiger partial charge in [0.2, 0.25) is 0 Å². The number of thioether (sulfide) groups is 1. The summed E-state index contributed by atoms with van der Waals surface area (Å²) in [6.45, 7) is 2.21. The van der Waals surface area contributed by atoms with E-state index in [9.17, 15) is 4.79 Å². The molecule has 0 N–H and O–H groups in total. The fraction of sp³-hybridized carbons (Fsp3) is 0.417. The average molecular weight is 287 g/mol. The van der Waals surface area contributed by atoms with E-state index in [0.717, 1.165) is 16.5 Å². The van der Waals surface area contributed by atoms with Gasteiger partial charge in [-0.05, 0) is 30.4 Å². The van der Waals surface area contributed by atoms with Crippen LogP contribution in [-0.4, -0.2) is 12.0 Å². The first-order chi connectivity index (χ1) is 7.27. The van der Waals surface area contributed by atoms with Crippen LogP contribution in [0.4, 0.5) is 0 Å². The maximum atomic E-state index is 10.6. The summed E-state index contributed by atoms with van der Waals surface area (Å²) in [7, 11) is 0. The summed E-state index contributed by atoms with van der Waals surface area (Å²) in [5.41, 5.74) is 0.716. The number of halogens is 1. The quantitative estimate of drug-likeness (QED) is 0.434. The number of carbonyl (C=O) groups is 1. The number of rotatable bonds is 6. The van der Waals surface area contributed by atoms with Gasteiger partial charge in [-0.3, -0.25) is 4.79 Å². The average Bonchev–Trinajstić information content (AvgIpc) is 2.25. The minimum atomic E-state index is 0.716. The third kappa shape index (κ3) is 4.39. The van der Waals surface area contributed by atoms with Crippen LogP contribution in [0.15, 0.2) is 27.6 Å². The van der Waals surface area contributed by atoms with Crippen LogP contribution >= 0.6 is 27.7 Å². The lowest BCUT2D eigenvalue weighted by atomic mass is 10.2. The molecule has 1 nitrogen and oxygen atoms in total. The van der Waals surface area contributed by atoms with Gasteiger partial charge in [-0.15, -0.1) is 11.8 Å². The van der Waals surface area contributed by atoms with Gasteiger partial charge in [-0.2, -0.15) is 0 Å². The van der Waals surface area contributed by atoms with E-state index in [1.165, 1.54) is 24.2 Å². The molecule has 0 aromatic heterocycles. The molecule has 0 unspecified atom stereocenters. The second-order valence-corrected chi connectivity index (χ2v) is 5.38. The molecule has 0 radical (unpaired) electrons. The molecule has 1 aromatic rings. The Labute approximate surface area is 104 Å². The van der Waals surface area contributed by atoms with Crippen LogP contribution in [0.25, 0.3) is 0 Å². The second kappa shape index (κ2) is 7.07. The molecule has 82 valence electrons. The van der Waals surface area contributed by atoms with E-state index in [0.29, 0.717) is 5.56 Å². The highest BCUT2D eigenvalue weighted by molar-refractivity contribution is 9.10. The molecular formula is C12H15BrOS. The second-order valence-electron chi connectivity index (χ2n) is 3.36. The first kappa shape index (κ1) is 12.8. The molecule has 0 fully saturated rings. The van der Waals surface area contributed by atoms with E-state index >= 15 is 0 Å². The third-order valence-corrected chi connectivity index (χ3v) is 3.88. The molecule has 0 atom stereocenters. The minimum Gasteiger partial charge on any atom is -0.298 e. The zero-order valence-electron chi connectivity index (χ0n) is 8.83. The molecule has 0 saturated carbocycles. The van der Waals surface area contributed by atoms with Crippen LogP contribution in [0.3, 0.4) is 0 Å². The van der Waals surface area contributed by atoms with Crippen molar-refractivity contribution in [3.05, 3.63) is 28.2 Å². The predicted molar refractivity (Wildman–Crippen MR) is 69.8 cm³/mol. The monoisotopic (exact) mass is 286 g/mol. The van der Waals surface area contributed by atoms with Crippen LogP contribution < -0.4 is 0 Å². The third-order valence-electron chi connectivity index (χ3n) is 2.12. The van der Waals surface area contributed by atoms with E-state index in [-0.39, 0.29) is 0 Å². The van der Waals surface area contributed by atoms with Crippen molar-refractivity contribution in [3.63, 3.8) is 0 Å². The Morgan fingerprint density at radius 1 is 1.40 bits per heavy atom. The van der Waals surface area contributed by atoms with Gasteiger partial charge in [0, 0.05) is 14.9 Å². The van der Waals surface area contributed by atoms with E-state index in [4.69, 9.17) is 0 Å². The van der Waals surface area contributed by atoms with Gasteiger partial charge >= 0.3 is 0 Å².